The van der Waals surface area contributed by atoms with E-state index in [2.05, 4.69) is 26.2 Å². The van der Waals surface area contributed by atoms with E-state index in [4.69, 9.17) is 0 Å². The largest absolute Gasteiger partial charge is 0.306 e. The van der Waals surface area contributed by atoms with Crippen molar-refractivity contribution < 1.29 is 9.18 Å². The van der Waals surface area contributed by atoms with E-state index in [0.29, 0.717) is 10.3 Å². The van der Waals surface area contributed by atoms with Gasteiger partial charge in [-0.05, 0) is 37.3 Å². The van der Waals surface area contributed by atoms with Gasteiger partial charge in [0.2, 0.25) is 0 Å². The molecule has 0 radical (unpaired) electrons. The highest BCUT2D eigenvalue weighted by Crippen LogP contribution is 2.16. The standard InChI is InChI=1S/C13H10BrFN2O/c1-8-3-2-4-12(16-8)17-13(18)10-7-9(14)5-6-11(10)15/h2-7H,1H3,(H,16,17,18). The first-order valence-electron chi connectivity index (χ1n) is 5.26. The molecule has 3 nitrogen and oxygen atoms in total. The average molecular weight is 309 g/mol. The summed E-state index contributed by atoms with van der Waals surface area (Å²) in [6.45, 7) is 1.81. The summed E-state index contributed by atoms with van der Waals surface area (Å²) in [6.07, 6.45) is 0. The van der Waals surface area contributed by atoms with Crippen LogP contribution in [0.4, 0.5) is 10.2 Å². The summed E-state index contributed by atoms with van der Waals surface area (Å²) in [5.41, 5.74) is 0.759. The van der Waals surface area contributed by atoms with Gasteiger partial charge < -0.3 is 5.32 Å². The van der Waals surface area contributed by atoms with Crippen molar-refractivity contribution in [3.05, 3.63) is 57.9 Å². The Morgan fingerprint density at radius 2 is 2.11 bits per heavy atom. The first-order chi connectivity index (χ1) is 8.56. The molecule has 1 aromatic heterocycles. The minimum absolute atomic E-state index is 0.0207. The molecule has 0 atom stereocenters. The van der Waals surface area contributed by atoms with Gasteiger partial charge >= 0.3 is 0 Å². The topological polar surface area (TPSA) is 42.0 Å². The summed E-state index contributed by atoms with van der Waals surface area (Å²) in [6, 6.07) is 9.45. The molecule has 0 saturated carbocycles. The molecule has 92 valence electrons. The van der Waals surface area contributed by atoms with Crippen molar-refractivity contribution in [1.82, 2.24) is 4.98 Å². The van der Waals surface area contributed by atoms with Crippen LogP contribution in [0.5, 0.6) is 0 Å². The molecule has 0 bridgehead atoms. The Morgan fingerprint density at radius 3 is 2.83 bits per heavy atom. The number of nitrogens with zero attached hydrogens (tertiary/aromatic N) is 1. The number of benzene rings is 1. The quantitative estimate of drug-likeness (QED) is 0.922. The Labute approximate surface area is 112 Å². The van der Waals surface area contributed by atoms with Gasteiger partial charge in [0.05, 0.1) is 5.56 Å². The summed E-state index contributed by atoms with van der Waals surface area (Å²) < 4.78 is 14.1. The first kappa shape index (κ1) is 12.7. The number of halogens is 2. The predicted octanol–water partition coefficient (Wildman–Crippen LogP) is 3.54. The number of carbonyl (C=O) groups is 1. The van der Waals surface area contributed by atoms with Crippen molar-refractivity contribution in [2.45, 2.75) is 6.92 Å². The van der Waals surface area contributed by atoms with E-state index >= 15 is 0 Å². The van der Waals surface area contributed by atoms with Crippen molar-refractivity contribution in [3.63, 3.8) is 0 Å². The molecular formula is C13H10BrFN2O. The molecule has 2 aromatic rings. The average Bonchev–Trinajstić information content (AvgIpc) is 2.32. The van der Waals surface area contributed by atoms with E-state index in [0.717, 1.165) is 5.69 Å². The molecule has 0 spiro atoms. The van der Waals surface area contributed by atoms with Crippen LogP contribution in [0.1, 0.15) is 16.1 Å². The molecule has 5 heteroatoms. The Balaban J connectivity index is 2.24. The minimum Gasteiger partial charge on any atom is -0.306 e. The number of aromatic nitrogens is 1. The third kappa shape index (κ3) is 2.92. The zero-order chi connectivity index (χ0) is 13.1. The molecule has 0 aliphatic carbocycles. The third-order valence-electron chi connectivity index (χ3n) is 2.30. The van der Waals surface area contributed by atoms with Crippen LogP contribution < -0.4 is 5.32 Å². The van der Waals surface area contributed by atoms with Crippen molar-refractivity contribution in [2.24, 2.45) is 0 Å². The zero-order valence-corrected chi connectivity index (χ0v) is 11.2. The van der Waals surface area contributed by atoms with E-state index in [1.54, 1.807) is 12.1 Å². The second kappa shape index (κ2) is 5.27. The minimum atomic E-state index is -0.566. The fraction of sp³-hybridized carbons (Fsp3) is 0.0769. The second-order valence-electron chi connectivity index (χ2n) is 3.74. The van der Waals surface area contributed by atoms with Gasteiger partial charge in [-0.15, -0.1) is 0 Å². The van der Waals surface area contributed by atoms with Crippen LogP contribution in [0.2, 0.25) is 0 Å². The number of anilines is 1. The van der Waals surface area contributed by atoms with Crippen LogP contribution in [0, 0.1) is 12.7 Å². The van der Waals surface area contributed by atoms with E-state index in [-0.39, 0.29) is 5.56 Å². The lowest BCUT2D eigenvalue weighted by molar-refractivity contribution is 0.102. The molecule has 18 heavy (non-hydrogen) atoms. The number of nitrogens with one attached hydrogen (secondary N) is 1. The highest BCUT2D eigenvalue weighted by atomic mass is 79.9. The number of hydrogen-bond donors (Lipinski definition) is 1. The molecule has 2 rings (SSSR count). The van der Waals surface area contributed by atoms with Crippen molar-refractivity contribution >= 4 is 27.7 Å². The lowest BCUT2D eigenvalue weighted by Crippen LogP contribution is -2.14. The molecule has 1 N–H and O–H groups in total. The Kier molecular flexibility index (Phi) is 3.72. The molecular weight excluding hydrogens is 299 g/mol. The van der Waals surface area contributed by atoms with Crippen LogP contribution in [-0.4, -0.2) is 10.9 Å². The number of amides is 1. The number of carbonyl (C=O) groups excluding carboxylic acids is 1. The van der Waals surface area contributed by atoms with Gasteiger partial charge in [0, 0.05) is 10.2 Å². The van der Waals surface area contributed by atoms with E-state index in [1.165, 1.54) is 18.2 Å². The summed E-state index contributed by atoms with van der Waals surface area (Å²) in [5, 5.41) is 2.56. The summed E-state index contributed by atoms with van der Waals surface area (Å²) in [5.74, 6) is -0.686. The van der Waals surface area contributed by atoms with Crippen molar-refractivity contribution in [3.8, 4) is 0 Å². The number of rotatable bonds is 2. The molecule has 1 amide bonds. The van der Waals surface area contributed by atoms with Crippen LogP contribution in [-0.2, 0) is 0 Å². The maximum absolute atomic E-state index is 13.5. The highest BCUT2D eigenvalue weighted by Gasteiger charge is 2.12. The van der Waals surface area contributed by atoms with Gasteiger partial charge in [0.15, 0.2) is 0 Å². The molecule has 0 aliphatic rings. The molecule has 0 fully saturated rings. The Morgan fingerprint density at radius 1 is 1.33 bits per heavy atom. The molecule has 1 heterocycles. The van der Waals surface area contributed by atoms with E-state index in [1.807, 2.05) is 13.0 Å². The van der Waals surface area contributed by atoms with E-state index < -0.39 is 11.7 Å². The van der Waals surface area contributed by atoms with Crippen LogP contribution in [0.3, 0.4) is 0 Å². The molecule has 0 aliphatic heterocycles. The summed E-state index contributed by atoms with van der Waals surface area (Å²) >= 11 is 3.20. The normalized spacial score (nSPS) is 10.2. The Bertz CT molecular complexity index is 601. The van der Waals surface area contributed by atoms with E-state index in [9.17, 15) is 9.18 Å². The van der Waals surface area contributed by atoms with Gasteiger partial charge in [-0.25, -0.2) is 9.37 Å². The van der Waals surface area contributed by atoms with Gasteiger partial charge in [0.25, 0.3) is 5.91 Å². The lowest BCUT2D eigenvalue weighted by Gasteiger charge is -2.06. The maximum atomic E-state index is 13.5. The number of aryl methyl sites for hydroxylation is 1. The first-order valence-corrected chi connectivity index (χ1v) is 6.05. The smallest absolute Gasteiger partial charge is 0.259 e. The van der Waals surface area contributed by atoms with Crippen LogP contribution in [0.15, 0.2) is 40.9 Å². The predicted molar refractivity (Wildman–Crippen MR) is 71.0 cm³/mol. The summed E-state index contributed by atoms with van der Waals surface area (Å²) in [7, 11) is 0. The maximum Gasteiger partial charge on any atom is 0.259 e. The fourth-order valence-corrected chi connectivity index (χ4v) is 1.83. The fourth-order valence-electron chi connectivity index (χ4n) is 1.47. The molecule has 0 saturated heterocycles. The van der Waals surface area contributed by atoms with Gasteiger partial charge in [-0.3, -0.25) is 4.79 Å². The Hall–Kier alpha value is -1.75. The monoisotopic (exact) mass is 308 g/mol. The van der Waals surface area contributed by atoms with Crippen LogP contribution in [0.25, 0.3) is 0 Å². The van der Waals surface area contributed by atoms with Gasteiger partial charge in [0.1, 0.15) is 11.6 Å². The van der Waals surface area contributed by atoms with Crippen molar-refractivity contribution in [1.29, 1.82) is 0 Å². The molecule has 0 unspecified atom stereocenters. The molecule has 1 aromatic carbocycles. The SMILES string of the molecule is Cc1cccc(NC(=O)c2cc(Br)ccc2F)n1. The lowest BCUT2D eigenvalue weighted by atomic mass is 10.2. The highest BCUT2D eigenvalue weighted by molar-refractivity contribution is 9.10. The van der Waals surface area contributed by atoms with Gasteiger partial charge in [-0.2, -0.15) is 0 Å². The second-order valence-corrected chi connectivity index (χ2v) is 4.66. The van der Waals surface area contributed by atoms with Crippen molar-refractivity contribution in [2.75, 3.05) is 5.32 Å². The number of pyridine rings is 1. The zero-order valence-electron chi connectivity index (χ0n) is 9.58. The summed E-state index contributed by atoms with van der Waals surface area (Å²) in [4.78, 5) is 16.0. The number of hydrogen-bond acceptors (Lipinski definition) is 2. The van der Waals surface area contributed by atoms with Crippen LogP contribution >= 0.6 is 15.9 Å². The van der Waals surface area contributed by atoms with Gasteiger partial charge in [-0.1, -0.05) is 22.0 Å². The third-order valence-corrected chi connectivity index (χ3v) is 2.80.